The molecule has 1 heterocycles. The first-order chi connectivity index (χ1) is 16.9. The van der Waals surface area contributed by atoms with Gasteiger partial charge in [-0.1, -0.05) is 36.4 Å². The highest BCUT2D eigenvalue weighted by Gasteiger charge is 2.20. The van der Waals surface area contributed by atoms with Crippen molar-refractivity contribution in [3.63, 3.8) is 0 Å². The number of likely N-dealkylation sites (N-methyl/N-ethyl adjacent to an activating group) is 1. The van der Waals surface area contributed by atoms with Crippen LogP contribution >= 0.6 is 0 Å². The molecule has 0 atom stereocenters. The molecular formula is C27H31N3O4S. The molecule has 1 amide bonds. The molecule has 35 heavy (non-hydrogen) atoms. The van der Waals surface area contributed by atoms with Crippen molar-refractivity contribution >= 4 is 21.6 Å². The minimum Gasteiger partial charge on any atom is -0.383 e. The second kappa shape index (κ2) is 11.1. The fourth-order valence-corrected chi connectivity index (χ4v) is 5.30. The predicted molar refractivity (Wildman–Crippen MR) is 137 cm³/mol. The standard InChI is InChI=1S/C27H31N3O4S/c1-29(17-18-34-2)35(32,33)26-13-11-25(12-14-26)28-27(31)23-9-7-21(8-10-23)19-30-16-15-22-5-3-4-6-24(22)20-30/h3-14H,15-20H2,1-2H3,(H,28,31). The van der Waals surface area contributed by atoms with E-state index in [9.17, 15) is 13.2 Å². The summed E-state index contributed by atoms with van der Waals surface area (Å²) in [6.07, 6.45) is 1.06. The molecule has 0 bridgehead atoms. The van der Waals surface area contributed by atoms with E-state index in [1.54, 1.807) is 12.1 Å². The largest absolute Gasteiger partial charge is 0.383 e. The number of benzene rings is 3. The molecule has 0 aliphatic carbocycles. The SMILES string of the molecule is COCCN(C)S(=O)(=O)c1ccc(NC(=O)c2ccc(CN3CCc4ccccc4C3)cc2)cc1. The first-order valence-corrected chi connectivity index (χ1v) is 13.1. The summed E-state index contributed by atoms with van der Waals surface area (Å²) in [5.41, 5.74) is 5.06. The van der Waals surface area contributed by atoms with E-state index in [-0.39, 0.29) is 17.3 Å². The van der Waals surface area contributed by atoms with E-state index in [1.807, 2.05) is 24.3 Å². The minimum atomic E-state index is -3.61. The number of nitrogens with zero attached hydrogens (tertiary/aromatic N) is 2. The van der Waals surface area contributed by atoms with E-state index in [4.69, 9.17) is 4.74 Å². The van der Waals surface area contributed by atoms with Gasteiger partial charge < -0.3 is 10.1 Å². The molecule has 0 spiro atoms. The van der Waals surface area contributed by atoms with E-state index < -0.39 is 10.0 Å². The van der Waals surface area contributed by atoms with Crippen LogP contribution in [0.15, 0.2) is 77.7 Å². The third-order valence-electron chi connectivity index (χ3n) is 6.26. The maximum Gasteiger partial charge on any atom is 0.255 e. The molecule has 4 rings (SSSR count). The Hall–Kier alpha value is -3.04. The van der Waals surface area contributed by atoms with Crippen LogP contribution in [0.3, 0.4) is 0 Å². The van der Waals surface area contributed by atoms with Crippen molar-refractivity contribution in [2.45, 2.75) is 24.4 Å². The zero-order valence-electron chi connectivity index (χ0n) is 20.1. The van der Waals surface area contributed by atoms with E-state index in [0.29, 0.717) is 17.9 Å². The molecule has 3 aromatic rings. The van der Waals surface area contributed by atoms with Gasteiger partial charge in [0.15, 0.2) is 0 Å². The van der Waals surface area contributed by atoms with Gasteiger partial charge in [0, 0.05) is 51.6 Å². The molecular weight excluding hydrogens is 462 g/mol. The van der Waals surface area contributed by atoms with Crippen molar-refractivity contribution in [1.29, 1.82) is 0 Å². The normalized spacial score (nSPS) is 14.0. The zero-order valence-corrected chi connectivity index (χ0v) is 20.9. The summed E-state index contributed by atoms with van der Waals surface area (Å²) in [7, 11) is -0.567. The van der Waals surface area contributed by atoms with Gasteiger partial charge >= 0.3 is 0 Å². The summed E-state index contributed by atoms with van der Waals surface area (Å²) in [4.78, 5) is 15.3. The number of carbonyl (C=O) groups is 1. The number of methoxy groups -OCH3 is 1. The average molecular weight is 494 g/mol. The van der Waals surface area contributed by atoms with Gasteiger partial charge in [0.1, 0.15) is 0 Å². The molecule has 1 aliphatic rings. The van der Waals surface area contributed by atoms with Gasteiger partial charge in [-0.3, -0.25) is 9.69 Å². The highest BCUT2D eigenvalue weighted by atomic mass is 32.2. The lowest BCUT2D eigenvalue weighted by atomic mass is 9.99. The summed E-state index contributed by atoms with van der Waals surface area (Å²) < 4.78 is 31.4. The molecule has 0 saturated carbocycles. The van der Waals surface area contributed by atoms with Crippen molar-refractivity contribution in [3.8, 4) is 0 Å². The fourth-order valence-electron chi connectivity index (χ4n) is 4.14. The van der Waals surface area contributed by atoms with Gasteiger partial charge in [-0.15, -0.1) is 0 Å². The Labute approximate surface area is 207 Å². The number of rotatable bonds is 9. The first-order valence-electron chi connectivity index (χ1n) is 11.6. The van der Waals surface area contributed by atoms with Gasteiger partial charge in [0.25, 0.3) is 5.91 Å². The van der Waals surface area contributed by atoms with Crippen LogP contribution < -0.4 is 5.32 Å². The van der Waals surface area contributed by atoms with Crippen LogP contribution in [-0.2, 0) is 34.3 Å². The average Bonchev–Trinajstić information content (AvgIpc) is 2.88. The quantitative estimate of drug-likeness (QED) is 0.491. The molecule has 1 N–H and O–H groups in total. The van der Waals surface area contributed by atoms with Crippen LogP contribution in [-0.4, -0.2) is 57.4 Å². The van der Waals surface area contributed by atoms with Crippen molar-refractivity contribution < 1.29 is 17.9 Å². The van der Waals surface area contributed by atoms with E-state index in [0.717, 1.165) is 31.6 Å². The fraction of sp³-hybridized carbons (Fsp3) is 0.296. The number of amides is 1. The second-order valence-corrected chi connectivity index (χ2v) is 10.8. The van der Waals surface area contributed by atoms with Crippen molar-refractivity contribution in [3.05, 3.63) is 95.1 Å². The number of hydrogen-bond acceptors (Lipinski definition) is 5. The minimum absolute atomic E-state index is 0.166. The number of carbonyl (C=O) groups excluding carboxylic acids is 1. The summed E-state index contributed by atoms with van der Waals surface area (Å²) in [5.74, 6) is -0.240. The van der Waals surface area contributed by atoms with Crippen LogP contribution in [0.25, 0.3) is 0 Å². The van der Waals surface area contributed by atoms with Crippen LogP contribution in [0.1, 0.15) is 27.0 Å². The molecule has 1 aliphatic heterocycles. The van der Waals surface area contributed by atoms with Crippen LogP contribution in [0.4, 0.5) is 5.69 Å². The number of sulfonamides is 1. The third-order valence-corrected chi connectivity index (χ3v) is 8.13. The molecule has 3 aromatic carbocycles. The van der Waals surface area contributed by atoms with Gasteiger partial charge in [0.2, 0.25) is 10.0 Å². The Morgan fingerprint density at radius 3 is 2.37 bits per heavy atom. The number of hydrogen-bond donors (Lipinski definition) is 1. The smallest absolute Gasteiger partial charge is 0.255 e. The van der Waals surface area contributed by atoms with E-state index in [1.165, 1.54) is 41.7 Å². The van der Waals surface area contributed by atoms with Gasteiger partial charge in [0.05, 0.1) is 11.5 Å². The molecule has 0 radical (unpaired) electrons. The molecule has 8 heteroatoms. The van der Waals surface area contributed by atoms with Crippen molar-refractivity contribution in [2.75, 3.05) is 39.2 Å². The van der Waals surface area contributed by atoms with Crippen LogP contribution in [0.2, 0.25) is 0 Å². The lowest BCUT2D eigenvalue weighted by molar-refractivity contribution is 0.102. The Kier molecular flexibility index (Phi) is 7.97. The number of anilines is 1. The summed E-state index contributed by atoms with van der Waals surface area (Å²) in [5, 5.41) is 2.83. The summed E-state index contributed by atoms with van der Waals surface area (Å²) in [6.45, 7) is 3.37. The van der Waals surface area contributed by atoms with Gasteiger partial charge in [-0.05, 0) is 59.5 Å². The maximum absolute atomic E-state index is 12.7. The Morgan fingerprint density at radius 2 is 1.69 bits per heavy atom. The van der Waals surface area contributed by atoms with Gasteiger partial charge in [-0.25, -0.2) is 8.42 Å². The van der Waals surface area contributed by atoms with Crippen molar-refractivity contribution in [2.24, 2.45) is 0 Å². The van der Waals surface area contributed by atoms with E-state index >= 15 is 0 Å². The maximum atomic E-state index is 12.7. The molecule has 0 aromatic heterocycles. The molecule has 7 nitrogen and oxygen atoms in total. The van der Waals surface area contributed by atoms with Gasteiger partial charge in [-0.2, -0.15) is 4.31 Å². The molecule has 0 unspecified atom stereocenters. The summed E-state index contributed by atoms with van der Waals surface area (Å²) >= 11 is 0. The monoisotopic (exact) mass is 493 g/mol. The van der Waals surface area contributed by atoms with Crippen LogP contribution in [0, 0.1) is 0 Å². The predicted octanol–water partition coefficient (Wildman–Crippen LogP) is 3.76. The number of ether oxygens (including phenoxy) is 1. The van der Waals surface area contributed by atoms with Crippen LogP contribution in [0.5, 0.6) is 0 Å². The third kappa shape index (κ3) is 6.15. The van der Waals surface area contributed by atoms with Crippen molar-refractivity contribution in [1.82, 2.24) is 9.21 Å². The molecule has 0 fully saturated rings. The lowest BCUT2D eigenvalue weighted by Gasteiger charge is -2.28. The lowest BCUT2D eigenvalue weighted by Crippen LogP contribution is -2.30. The topological polar surface area (TPSA) is 79.0 Å². The highest BCUT2D eigenvalue weighted by molar-refractivity contribution is 7.89. The number of fused-ring (bicyclic) bond motifs is 1. The summed E-state index contributed by atoms with van der Waals surface area (Å²) in [6, 6.07) is 22.4. The highest BCUT2D eigenvalue weighted by Crippen LogP contribution is 2.21. The molecule has 0 saturated heterocycles. The first kappa shape index (κ1) is 25.1. The Bertz CT molecular complexity index is 1260. The molecule has 184 valence electrons. The van der Waals surface area contributed by atoms with E-state index in [2.05, 4.69) is 34.5 Å². The number of nitrogens with one attached hydrogen (secondary N) is 1. The second-order valence-electron chi connectivity index (χ2n) is 8.72. The zero-order chi connectivity index (χ0) is 24.8. The Balaban J connectivity index is 1.34. The Morgan fingerprint density at radius 1 is 1.00 bits per heavy atom.